The van der Waals surface area contributed by atoms with E-state index in [4.69, 9.17) is 4.74 Å². The average Bonchev–Trinajstić information content (AvgIpc) is 3.49. The molecule has 3 aliphatic rings. The molecule has 6 aromatic rings. The van der Waals surface area contributed by atoms with Gasteiger partial charge in [0.2, 0.25) is 0 Å². The van der Waals surface area contributed by atoms with E-state index in [9.17, 15) is 0 Å². The standard InChI is InChI=1S/C43H33NO/c1-28-17-21-30(22-18-28)44(32-25-26-38-36-11-3-2-9-34(36)35-10-4-5-12-37(35)41(38)27-32)31-23-19-29(20-24-31)33-14-8-15-40-39-13-6-7-16-42(39)45-43(33)40/h2-23,25-27,31,39,42H,24H2,1H3. The Hall–Kier alpha value is -5.34. The molecule has 0 saturated carbocycles. The highest BCUT2D eigenvalue weighted by Crippen LogP contribution is 2.46. The van der Waals surface area contributed by atoms with Crippen molar-refractivity contribution in [3.63, 3.8) is 0 Å². The molecular formula is C43H33NO. The van der Waals surface area contributed by atoms with Crippen LogP contribution < -0.4 is 9.64 Å². The van der Waals surface area contributed by atoms with Gasteiger partial charge in [-0.25, -0.2) is 0 Å². The van der Waals surface area contributed by atoms with E-state index in [1.165, 1.54) is 66.0 Å². The third-order valence-electron chi connectivity index (χ3n) is 9.78. The minimum Gasteiger partial charge on any atom is -0.484 e. The fourth-order valence-electron chi connectivity index (χ4n) is 7.58. The summed E-state index contributed by atoms with van der Waals surface area (Å²) in [6.07, 6.45) is 16.7. The summed E-state index contributed by atoms with van der Waals surface area (Å²) in [7, 11) is 0. The maximum Gasteiger partial charge on any atom is 0.132 e. The molecule has 6 aromatic carbocycles. The van der Waals surface area contributed by atoms with E-state index >= 15 is 0 Å². The van der Waals surface area contributed by atoms with Gasteiger partial charge in [-0.1, -0.05) is 127 Å². The molecule has 0 N–H and O–H groups in total. The predicted octanol–water partition coefficient (Wildman–Crippen LogP) is 11.0. The average molecular weight is 580 g/mol. The summed E-state index contributed by atoms with van der Waals surface area (Å²) in [5.41, 5.74) is 7.36. The second kappa shape index (κ2) is 10.4. The first-order valence-corrected chi connectivity index (χ1v) is 16.0. The van der Waals surface area contributed by atoms with Crippen LogP contribution in [0, 0.1) is 6.92 Å². The minimum absolute atomic E-state index is 0.0882. The van der Waals surface area contributed by atoms with E-state index in [0.29, 0.717) is 5.92 Å². The molecule has 0 saturated heterocycles. The Balaban J connectivity index is 1.13. The molecule has 1 heterocycles. The molecule has 2 nitrogen and oxygen atoms in total. The highest BCUT2D eigenvalue weighted by Gasteiger charge is 2.34. The van der Waals surface area contributed by atoms with Crippen molar-refractivity contribution in [3.8, 4) is 5.75 Å². The number of aryl methyl sites for hydroxylation is 1. The van der Waals surface area contributed by atoms with Gasteiger partial charge in [0.15, 0.2) is 0 Å². The van der Waals surface area contributed by atoms with Crippen LogP contribution in [-0.2, 0) is 0 Å². The van der Waals surface area contributed by atoms with Crippen molar-refractivity contribution in [2.24, 2.45) is 0 Å². The lowest BCUT2D eigenvalue weighted by molar-refractivity contribution is 0.268. The zero-order valence-electron chi connectivity index (χ0n) is 25.2. The van der Waals surface area contributed by atoms with Crippen molar-refractivity contribution in [1.29, 1.82) is 0 Å². The summed E-state index contributed by atoms with van der Waals surface area (Å²) in [4.78, 5) is 2.50. The topological polar surface area (TPSA) is 12.5 Å². The number of anilines is 2. The van der Waals surface area contributed by atoms with Crippen molar-refractivity contribution in [2.45, 2.75) is 31.4 Å². The molecular weight excluding hydrogens is 546 g/mol. The number of hydrogen-bond donors (Lipinski definition) is 0. The number of hydrogen-bond acceptors (Lipinski definition) is 2. The van der Waals surface area contributed by atoms with E-state index in [0.717, 1.165) is 12.2 Å². The third kappa shape index (κ3) is 4.24. The van der Waals surface area contributed by atoms with E-state index in [-0.39, 0.29) is 12.1 Å². The molecule has 1 aliphatic heterocycles. The minimum atomic E-state index is 0.0882. The Morgan fingerprint density at radius 1 is 0.622 bits per heavy atom. The molecule has 2 heteroatoms. The van der Waals surface area contributed by atoms with E-state index in [2.05, 4.69) is 164 Å². The summed E-state index contributed by atoms with van der Waals surface area (Å²) < 4.78 is 6.50. The Kier molecular flexibility index (Phi) is 6.02. The van der Waals surface area contributed by atoms with Crippen LogP contribution >= 0.6 is 0 Å². The summed E-state index contributed by atoms with van der Waals surface area (Å²) in [6, 6.07) is 40.3. The Labute approximate surface area is 263 Å². The number of para-hydroxylation sites is 1. The molecule has 3 unspecified atom stereocenters. The number of allylic oxidation sites excluding steroid dienone is 4. The summed E-state index contributed by atoms with van der Waals surface area (Å²) in [5.74, 6) is 1.33. The third-order valence-corrected chi connectivity index (χ3v) is 9.78. The molecule has 0 bridgehead atoms. The Morgan fingerprint density at radius 2 is 1.29 bits per heavy atom. The highest BCUT2D eigenvalue weighted by atomic mass is 16.5. The van der Waals surface area contributed by atoms with Gasteiger partial charge in [-0.15, -0.1) is 0 Å². The first kappa shape index (κ1) is 26.1. The maximum atomic E-state index is 6.50. The second-order valence-corrected chi connectivity index (χ2v) is 12.5. The smallest absolute Gasteiger partial charge is 0.132 e. The molecule has 0 radical (unpaired) electrons. The van der Waals surface area contributed by atoms with Gasteiger partial charge in [-0.05, 0) is 81.6 Å². The molecule has 0 spiro atoms. The number of rotatable bonds is 4. The van der Waals surface area contributed by atoms with Gasteiger partial charge >= 0.3 is 0 Å². The lowest BCUT2D eigenvalue weighted by atomic mass is 9.89. The first-order chi connectivity index (χ1) is 22.2. The molecule has 216 valence electrons. The van der Waals surface area contributed by atoms with Gasteiger partial charge < -0.3 is 9.64 Å². The zero-order valence-corrected chi connectivity index (χ0v) is 25.2. The lowest BCUT2D eigenvalue weighted by Crippen LogP contribution is -2.30. The van der Waals surface area contributed by atoms with Gasteiger partial charge in [0.1, 0.15) is 11.9 Å². The SMILES string of the molecule is Cc1ccc(N(c2ccc3c4ccccc4c4ccccc4c3c2)C2C=CC(c3cccc4c3OC3C=CC=CC43)=CC2)cc1. The van der Waals surface area contributed by atoms with Crippen LogP contribution in [0.2, 0.25) is 0 Å². The summed E-state index contributed by atoms with van der Waals surface area (Å²) >= 11 is 0. The fourth-order valence-corrected chi connectivity index (χ4v) is 7.58. The highest BCUT2D eigenvalue weighted by molar-refractivity contribution is 6.25. The van der Waals surface area contributed by atoms with Crippen LogP contribution in [0.3, 0.4) is 0 Å². The predicted molar refractivity (Wildman–Crippen MR) is 190 cm³/mol. The van der Waals surface area contributed by atoms with Crippen LogP contribution in [0.25, 0.3) is 37.9 Å². The van der Waals surface area contributed by atoms with Crippen molar-refractivity contribution < 1.29 is 4.74 Å². The van der Waals surface area contributed by atoms with Gasteiger partial charge in [0, 0.05) is 28.4 Å². The number of benzene rings is 6. The Morgan fingerprint density at radius 3 is 2.00 bits per heavy atom. The van der Waals surface area contributed by atoms with Gasteiger partial charge in [-0.2, -0.15) is 0 Å². The van der Waals surface area contributed by atoms with Gasteiger partial charge in [0.05, 0.1) is 6.04 Å². The van der Waals surface area contributed by atoms with Crippen molar-refractivity contribution in [2.75, 3.05) is 4.90 Å². The molecule has 0 fully saturated rings. The van der Waals surface area contributed by atoms with E-state index < -0.39 is 0 Å². The van der Waals surface area contributed by atoms with Crippen LogP contribution in [0.5, 0.6) is 5.75 Å². The summed E-state index contributed by atoms with van der Waals surface area (Å²) in [5, 5.41) is 7.78. The summed E-state index contributed by atoms with van der Waals surface area (Å²) in [6.45, 7) is 2.15. The fraction of sp³-hybridized carbons (Fsp3) is 0.116. The molecule has 0 amide bonds. The van der Waals surface area contributed by atoms with Crippen molar-refractivity contribution >= 4 is 49.3 Å². The van der Waals surface area contributed by atoms with E-state index in [1.807, 2.05) is 0 Å². The van der Waals surface area contributed by atoms with Gasteiger partial charge in [0.25, 0.3) is 0 Å². The second-order valence-electron chi connectivity index (χ2n) is 12.5. The first-order valence-electron chi connectivity index (χ1n) is 16.0. The number of ether oxygens (including phenoxy) is 1. The van der Waals surface area contributed by atoms with Crippen LogP contribution in [0.15, 0.2) is 152 Å². The van der Waals surface area contributed by atoms with Crippen LogP contribution in [0.1, 0.15) is 29.0 Å². The quantitative estimate of drug-likeness (QED) is 0.193. The molecule has 9 rings (SSSR count). The lowest BCUT2D eigenvalue weighted by Gasteiger charge is -2.34. The van der Waals surface area contributed by atoms with Crippen molar-refractivity contribution in [3.05, 3.63) is 168 Å². The van der Waals surface area contributed by atoms with E-state index in [1.54, 1.807) is 0 Å². The monoisotopic (exact) mass is 579 g/mol. The normalized spacial score (nSPS) is 19.8. The van der Waals surface area contributed by atoms with Gasteiger partial charge in [-0.3, -0.25) is 0 Å². The number of nitrogens with zero attached hydrogens (tertiary/aromatic N) is 1. The molecule has 2 aliphatic carbocycles. The molecule has 45 heavy (non-hydrogen) atoms. The van der Waals surface area contributed by atoms with Crippen molar-refractivity contribution in [1.82, 2.24) is 0 Å². The maximum absolute atomic E-state index is 6.50. The number of fused-ring (bicyclic) bond motifs is 9. The Bertz CT molecular complexity index is 2220. The van der Waals surface area contributed by atoms with Crippen LogP contribution in [-0.4, -0.2) is 12.1 Å². The largest absolute Gasteiger partial charge is 0.484 e. The molecule has 0 aromatic heterocycles. The van der Waals surface area contributed by atoms with Crippen LogP contribution in [0.4, 0.5) is 11.4 Å². The zero-order chi connectivity index (χ0) is 29.9. The molecule has 3 atom stereocenters.